The summed E-state index contributed by atoms with van der Waals surface area (Å²) in [5, 5.41) is 0. The minimum atomic E-state index is -4.60. The number of hydrogen-bond donors (Lipinski definition) is 0. The molecule has 3 fully saturated rings. The van der Waals surface area contributed by atoms with Gasteiger partial charge in [0.25, 0.3) is 0 Å². The van der Waals surface area contributed by atoms with Crippen molar-refractivity contribution in [3.05, 3.63) is 0 Å². The van der Waals surface area contributed by atoms with Crippen LogP contribution >= 0.6 is 0 Å². The largest absolute Gasteiger partial charge is 0.462 e. The highest BCUT2D eigenvalue weighted by Gasteiger charge is 2.44. The number of esters is 2. The number of fused-ring (bicyclic) bond motifs is 1. The molecule has 5 atom stereocenters. The van der Waals surface area contributed by atoms with E-state index in [0.29, 0.717) is 50.2 Å². The van der Waals surface area contributed by atoms with Crippen molar-refractivity contribution in [1.29, 1.82) is 0 Å². The first-order valence-electron chi connectivity index (χ1n) is 17.9. The SMILES string of the molecule is CCCCCCCCCCOC1CCC2CC(C(=O)OC3CCC(C(=O)OC(CCCOCC)C(F)(F)F)CC3)CCC2C1. The molecule has 0 saturated heterocycles. The Morgan fingerprint density at radius 3 is 1.98 bits per heavy atom. The molecule has 9 heteroatoms. The topological polar surface area (TPSA) is 71.1 Å². The van der Waals surface area contributed by atoms with Gasteiger partial charge in [0.2, 0.25) is 0 Å². The molecule has 0 aliphatic heterocycles. The van der Waals surface area contributed by atoms with E-state index in [4.69, 9.17) is 18.9 Å². The Morgan fingerprint density at radius 1 is 0.682 bits per heavy atom. The smallest absolute Gasteiger partial charge is 0.425 e. The van der Waals surface area contributed by atoms with Crippen molar-refractivity contribution in [2.45, 2.75) is 167 Å². The fraction of sp³-hybridized carbons (Fsp3) is 0.943. The summed E-state index contributed by atoms with van der Waals surface area (Å²) in [7, 11) is 0. The molecule has 0 aromatic carbocycles. The molecule has 0 aromatic rings. The van der Waals surface area contributed by atoms with E-state index < -0.39 is 24.2 Å². The van der Waals surface area contributed by atoms with Crippen molar-refractivity contribution >= 4 is 11.9 Å². The number of unbranched alkanes of at least 4 members (excludes halogenated alkanes) is 7. The van der Waals surface area contributed by atoms with Gasteiger partial charge < -0.3 is 18.9 Å². The molecule has 0 heterocycles. The minimum absolute atomic E-state index is 0.0852. The highest BCUT2D eigenvalue weighted by atomic mass is 19.4. The normalized spacial score (nSPS) is 28.2. The average Bonchev–Trinajstić information content (AvgIpc) is 3.01. The lowest BCUT2D eigenvalue weighted by molar-refractivity contribution is -0.226. The first-order chi connectivity index (χ1) is 21.2. The zero-order valence-corrected chi connectivity index (χ0v) is 27.4. The van der Waals surface area contributed by atoms with Crippen molar-refractivity contribution in [3.8, 4) is 0 Å². The van der Waals surface area contributed by atoms with Crippen LogP contribution in [0.5, 0.6) is 0 Å². The highest BCUT2D eigenvalue weighted by molar-refractivity contribution is 5.73. The zero-order chi connectivity index (χ0) is 31.8. The molecular weight excluding hydrogens is 573 g/mol. The summed E-state index contributed by atoms with van der Waals surface area (Å²) in [4.78, 5) is 25.6. The fourth-order valence-corrected chi connectivity index (χ4v) is 7.42. The number of carbonyl (C=O) groups is 2. The molecule has 0 bridgehead atoms. The Labute approximate surface area is 263 Å². The average molecular weight is 633 g/mol. The molecule has 44 heavy (non-hydrogen) atoms. The summed E-state index contributed by atoms with van der Waals surface area (Å²) < 4.78 is 62.4. The molecule has 3 aliphatic carbocycles. The van der Waals surface area contributed by atoms with Crippen LogP contribution in [0.3, 0.4) is 0 Å². The number of halogens is 3. The van der Waals surface area contributed by atoms with Gasteiger partial charge in [-0.3, -0.25) is 9.59 Å². The maximum atomic E-state index is 13.4. The number of hydrogen-bond acceptors (Lipinski definition) is 6. The number of rotatable bonds is 19. The third-order valence-electron chi connectivity index (χ3n) is 10.1. The maximum Gasteiger partial charge on any atom is 0.425 e. The van der Waals surface area contributed by atoms with Crippen LogP contribution in [0.1, 0.15) is 142 Å². The lowest BCUT2D eigenvalue weighted by Gasteiger charge is -2.41. The van der Waals surface area contributed by atoms with Crippen LogP contribution in [0.25, 0.3) is 0 Å². The molecule has 0 spiro atoms. The van der Waals surface area contributed by atoms with E-state index in [0.717, 1.165) is 51.6 Å². The van der Waals surface area contributed by atoms with Crippen LogP contribution in [0, 0.1) is 23.7 Å². The van der Waals surface area contributed by atoms with Gasteiger partial charge in [-0.1, -0.05) is 51.9 Å². The third-order valence-corrected chi connectivity index (χ3v) is 10.1. The molecule has 0 aromatic heterocycles. The second kappa shape index (κ2) is 20.0. The molecule has 3 aliphatic rings. The van der Waals surface area contributed by atoms with Crippen molar-refractivity contribution < 1.29 is 41.7 Å². The fourth-order valence-electron chi connectivity index (χ4n) is 7.42. The van der Waals surface area contributed by atoms with E-state index in [1.807, 2.05) is 0 Å². The van der Waals surface area contributed by atoms with E-state index in [1.165, 1.54) is 44.9 Å². The minimum Gasteiger partial charge on any atom is -0.462 e. The Morgan fingerprint density at radius 2 is 1.30 bits per heavy atom. The molecule has 0 N–H and O–H groups in total. The Kier molecular flexibility index (Phi) is 16.9. The van der Waals surface area contributed by atoms with E-state index in [-0.39, 0.29) is 37.4 Å². The van der Waals surface area contributed by atoms with Gasteiger partial charge in [0, 0.05) is 19.8 Å². The van der Waals surface area contributed by atoms with E-state index in [1.54, 1.807) is 6.92 Å². The predicted molar refractivity (Wildman–Crippen MR) is 164 cm³/mol. The molecule has 0 amide bonds. The van der Waals surface area contributed by atoms with Crippen LogP contribution in [0.15, 0.2) is 0 Å². The number of carbonyl (C=O) groups excluding carboxylic acids is 2. The van der Waals surface area contributed by atoms with Crippen molar-refractivity contribution in [3.63, 3.8) is 0 Å². The second-order valence-electron chi connectivity index (χ2n) is 13.5. The summed E-state index contributed by atoms with van der Waals surface area (Å²) in [5.41, 5.74) is 0. The first kappa shape index (κ1) is 37.1. The van der Waals surface area contributed by atoms with E-state index in [9.17, 15) is 22.8 Å². The van der Waals surface area contributed by atoms with Crippen molar-refractivity contribution in [1.82, 2.24) is 0 Å². The predicted octanol–water partition coefficient (Wildman–Crippen LogP) is 9.12. The summed E-state index contributed by atoms with van der Waals surface area (Å²) >= 11 is 0. The van der Waals surface area contributed by atoms with Gasteiger partial charge in [-0.2, -0.15) is 13.2 Å². The van der Waals surface area contributed by atoms with E-state index >= 15 is 0 Å². The standard InChI is InChI=1S/C35H59F3O6/c1-3-5-6-7-8-9-10-11-23-42-31-21-18-27-24-29(15-14-28(27)25-31)34(40)43-30-19-16-26(17-20-30)33(39)44-32(35(36,37)38)13-12-22-41-4-2/h26-32H,3-25H2,1-2H3. The zero-order valence-electron chi connectivity index (χ0n) is 27.4. The van der Waals surface area contributed by atoms with Gasteiger partial charge in [0.05, 0.1) is 17.9 Å². The highest BCUT2D eigenvalue weighted by Crippen LogP contribution is 2.44. The number of ether oxygens (including phenoxy) is 4. The van der Waals surface area contributed by atoms with Crippen LogP contribution in [-0.4, -0.2) is 56.2 Å². The van der Waals surface area contributed by atoms with Gasteiger partial charge in [-0.05, 0) is 102 Å². The molecule has 6 nitrogen and oxygen atoms in total. The van der Waals surface area contributed by atoms with Gasteiger partial charge in [-0.25, -0.2) is 0 Å². The quantitative estimate of drug-likeness (QED) is 0.104. The molecule has 3 saturated carbocycles. The van der Waals surface area contributed by atoms with Gasteiger partial charge >= 0.3 is 18.1 Å². The lowest BCUT2D eigenvalue weighted by Crippen LogP contribution is -2.39. The van der Waals surface area contributed by atoms with Crippen LogP contribution in [-0.2, 0) is 28.5 Å². The summed E-state index contributed by atoms with van der Waals surface area (Å²) in [5.74, 6) is -0.455. The molecule has 0 radical (unpaired) electrons. The van der Waals surface area contributed by atoms with Gasteiger partial charge in [0.1, 0.15) is 6.10 Å². The summed E-state index contributed by atoms with van der Waals surface area (Å²) in [6.07, 6.45) is 11.4. The van der Waals surface area contributed by atoms with Crippen LogP contribution in [0.4, 0.5) is 13.2 Å². The summed E-state index contributed by atoms with van der Waals surface area (Å²) in [6, 6.07) is 0. The maximum absolute atomic E-state index is 13.4. The Bertz CT molecular complexity index is 813. The molecule has 256 valence electrons. The van der Waals surface area contributed by atoms with Crippen molar-refractivity contribution in [2.24, 2.45) is 23.7 Å². The Balaban J connectivity index is 1.29. The molecule has 3 rings (SSSR count). The number of alkyl halides is 3. The summed E-state index contributed by atoms with van der Waals surface area (Å²) in [6.45, 7) is 5.53. The second-order valence-corrected chi connectivity index (χ2v) is 13.5. The van der Waals surface area contributed by atoms with Gasteiger partial charge in [-0.15, -0.1) is 0 Å². The Hall–Kier alpha value is -1.35. The monoisotopic (exact) mass is 632 g/mol. The molecule has 5 unspecified atom stereocenters. The first-order valence-corrected chi connectivity index (χ1v) is 17.9. The third kappa shape index (κ3) is 13.2. The van der Waals surface area contributed by atoms with Gasteiger partial charge in [0.15, 0.2) is 6.10 Å². The van der Waals surface area contributed by atoms with Crippen LogP contribution < -0.4 is 0 Å². The van der Waals surface area contributed by atoms with Crippen molar-refractivity contribution in [2.75, 3.05) is 19.8 Å². The lowest BCUT2D eigenvalue weighted by atomic mass is 9.67. The van der Waals surface area contributed by atoms with E-state index in [2.05, 4.69) is 6.92 Å². The molecular formula is C35H59F3O6. The van der Waals surface area contributed by atoms with Crippen LogP contribution in [0.2, 0.25) is 0 Å².